The van der Waals surface area contributed by atoms with E-state index in [0.29, 0.717) is 19.3 Å². The number of rotatable bonds is 9. The molecule has 0 spiro atoms. The van der Waals surface area contributed by atoms with Gasteiger partial charge in [0.1, 0.15) is 12.1 Å². The number of carbonyl (C=O) groups is 3. The molecule has 3 rings (SSSR count). The SMILES string of the molecule is CCOC(=O)[C@H](CCc1ccccc1)N[C@@H](C)C(=O)N1C2CCCCC2C[C@H]1C(=O)O. The average molecular weight is 431 g/mol. The van der Waals surface area contributed by atoms with Crippen molar-refractivity contribution in [3.63, 3.8) is 0 Å². The molecular weight excluding hydrogens is 396 g/mol. The lowest BCUT2D eigenvalue weighted by Crippen LogP contribution is -2.55. The van der Waals surface area contributed by atoms with Gasteiger partial charge in [0.15, 0.2) is 0 Å². The van der Waals surface area contributed by atoms with Crippen LogP contribution in [0.4, 0.5) is 0 Å². The van der Waals surface area contributed by atoms with E-state index in [-0.39, 0.29) is 30.4 Å². The molecule has 1 amide bonds. The van der Waals surface area contributed by atoms with Gasteiger partial charge in [-0.25, -0.2) is 4.79 Å². The molecule has 1 aliphatic heterocycles. The number of amides is 1. The van der Waals surface area contributed by atoms with Crippen molar-refractivity contribution in [2.24, 2.45) is 5.92 Å². The van der Waals surface area contributed by atoms with Crippen molar-refractivity contribution in [1.29, 1.82) is 0 Å². The van der Waals surface area contributed by atoms with Crippen LogP contribution in [0.2, 0.25) is 0 Å². The first-order valence-electron chi connectivity index (χ1n) is 11.4. The maximum Gasteiger partial charge on any atom is 0.326 e. The monoisotopic (exact) mass is 430 g/mol. The van der Waals surface area contributed by atoms with Crippen LogP contribution in [-0.2, 0) is 25.5 Å². The van der Waals surface area contributed by atoms with Crippen molar-refractivity contribution < 1.29 is 24.2 Å². The predicted octanol–water partition coefficient (Wildman–Crippen LogP) is 2.77. The van der Waals surface area contributed by atoms with E-state index >= 15 is 0 Å². The van der Waals surface area contributed by atoms with Gasteiger partial charge in [-0.1, -0.05) is 43.2 Å². The van der Waals surface area contributed by atoms with Crippen molar-refractivity contribution in [1.82, 2.24) is 10.2 Å². The molecule has 1 saturated heterocycles. The van der Waals surface area contributed by atoms with Gasteiger partial charge in [0.2, 0.25) is 5.91 Å². The molecule has 2 N–H and O–H groups in total. The fraction of sp³-hybridized carbons (Fsp3) is 0.625. The molecule has 2 aliphatic rings. The number of nitrogens with one attached hydrogen (secondary N) is 1. The zero-order chi connectivity index (χ0) is 22.4. The largest absolute Gasteiger partial charge is 0.480 e. The summed E-state index contributed by atoms with van der Waals surface area (Å²) >= 11 is 0. The van der Waals surface area contributed by atoms with Gasteiger partial charge in [0.05, 0.1) is 12.6 Å². The first-order valence-corrected chi connectivity index (χ1v) is 11.4. The Hall–Kier alpha value is -2.41. The Morgan fingerprint density at radius 1 is 1.19 bits per heavy atom. The number of carboxylic acids is 1. The van der Waals surface area contributed by atoms with E-state index in [2.05, 4.69) is 5.32 Å². The van der Waals surface area contributed by atoms with Gasteiger partial charge in [0.25, 0.3) is 0 Å². The fourth-order valence-corrected chi connectivity index (χ4v) is 5.06. The third-order valence-electron chi connectivity index (χ3n) is 6.58. The molecule has 2 unspecified atom stereocenters. The molecule has 1 saturated carbocycles. The van der Waals surface area contributed by atoms with Crippen molar-refractivity contribution in [3.05, 3.63) is 35.9 Å². The highest BCUT2D eigenvalue weighted by molar-refractivity contribution is 5.88. The molecule has 170 valence electrons. The summed E-state index contributed by atoms with van der Waals surface area (Å²) in [6, 6.07) is 7.75. The molecular formula is C24H34N2O5. The molecule has 1 aromatic rings. The van der Waals surface area contributed by atoms with E-state index in [1.54, 1.807) is 18.7 Å². The Morgan fingerprint density at radius 3 is 2.58 bits per heavy atom. The van der Waals surface area contributed by atoms with Gasteiger partial charge in [0, 0.05) is 6.04 Å². The van der Waals surface area contributed by atoms with Gasteiger partial charge in [-0.2, -0.15) is 0 Å². The minimum Gasteiger partial charge on any atom is -0.480 e. The fourth-order valence-electron chi connectivity index (χ4n) is 5.06. The van der Waals surface area contributed by atoms with Crippen LogP contribution in [0.15, 0.2) is 30.3 Å². The van der Waals surface area contributed by atoms with Crippen molar-refractivity contribution >= 4 is 17.8 Å². The summed E-state index contributed by atoms with van der Waals surface area (Å²) in [5.74, 6) is -1.31. The van der Waals surface area contributed by atoms with E-state index in [4.69, 9.17) is 4.74 Å². The zero-order valence-corrected chi connectivity index (χ0v) is 18.5. The van der Waals surface area contributed by atoms with E-state index in [0.717, 1.165) is 31.2 Å². The second kappa shape index (κ2) is 10.8. The average Bonchev–Trinajstić information content (AvgIpc) is 3.16. The van der Waals surface area contributed by atoms with Crippen molar-refractivity contribution in [3.8, 4) is 0 Å². The van der Waals surface area contributed by atoms with E-state index in [9.17, 15) is 19.5 Å². The van der Waals surface area contributed by atoms with Gasteiger partial charge in [-0.3, -0.25) is 14.9 Å². The molecule has 31 heavy (non-hydrogen) atoms. The number of hydrogen-bond donors (Lipinski definition) is 2. The number of carboxylic acid groups (broad SMARTS) is 1. The molecule has 5 atom stereocenters. The predicted molar refractivity (Wildman–Crippen MR) is 116 cm³/mol. The van der Waals surface area contributed by atoms with Crippen LogP contribution in [0, 0.1) is 5.92 Å². The lowest BCUT2D eigenvalue weighted by molar-refractivity contribution is -0.152. The molecule has 2 fully saturated rings. The van der Waals surface area contributed by atoms with Gasteiger partial charge >= 0.3 is 11.9 Å². The van der Waals surface area contributed by atoms with Crippen LogP contribution in [0.5, 0.6) is 0 Å². The van der Waals surface area contributed by atoms with Crippen LogP contribution >= 0.6 is 0 Å². The topological polar surface area (TPSA) is 95.9 Å². The highest BCUT2D eigenvalue weighted by atomic mass is 16.5. The molecule has 0 radical (unpaired) electrons. The van der Waals surface area contributed by atoms with Gasteiger partial charge in [-0.05, 0) is 57.4 Å². The Bertz CT molecular complexity index is 768. The number of hydrogen-bond acceptors (Lipinski definition) is 5. The maximum absolute atomic E-state index is 13.4. The standard InChI is InChI=1S/C24H34N2O5/c1-3-31-24(30)19(14-13-17-9-5-4-6-10-17)25-16(2)22(27)26-20-12-8-7-11-18(20)15-21(26)23(28)29/h4-6,9-10,16,18-21,25H,3,7-8,11-15H2,1-2H3,(H,28,29)/t16-,18?,19-,20?,21-/m0/s1. The zero-order valence-electron chi connectivity index (χ0n) is 18.5. The van der Waals surface area contributed by atoms with Gasteiger partial charge < -0.3 is 14.7 Å². The first-order chi connectivity index (χ1) is 14.9. The number of likely N-dealkylation sites (tertiary alicyclic amines) is 1. The number of aliphatic carboxylic acids is 1. The Kier molecular flexibility index (Phi) is 8.07. The normalized spacial score (nSPS) is 24.8. The van der Waals surface area contributed by atoms with Crippen LogP contribution in [-0.4, -0.2) is 58.6 Å². The number of fused-ring (bicyclic) bond motifs is 1. The van der Waals surface area contributed by atoms with Crippen molar-refractivity contribution in [2.75, 3.05) is 6.61 Å². The van der Waals surface area contributed by atoms with E-state index in [1.807, 2.05) is 30.3 Å². The molecule has 0 aromatic heterocycles. The second-order valence-electron chi connectivity index (χ2n) is 8.66. The quantitative estimate of drug-likeness (QED) is 0.585. The van der Waals surface area contributed by atoms with Crippen LogP contribution in [0.1, 0.15) is 57.9 Å². The second-order valence-corrected chi connectivity index (χ2v) is 8.66. The van der Waals surface area contributed by atoms with Crippen molar-refractivity contribution in [2.45, 2.75) is 83.0 Å². The number of nitrogens with zero attached hydrogens (tertiary/aromatic N) is 1. The number of esters is 1. The highest BCUT2D eigenvalue weighted by Crippen LogP contribution is 2.40. The molecule has 7 nitrogen and oxygen atoms in total. The number of benzene rings is 1. The van der Waals surface area contributed by atoms with Gasteiger partial charge in [-0.15, -0.1) is 0 Å². The highest BCUT2D eigenvalue weighted by Gasteiger charge is 2.48. The lowest BCUT2D eigenvalue weighted by Gasteiger charge is -2.35. The summed E-state index contributed by atoms with van der Waals surface area (Å²) in [5.41, 5.74) is 1.10. The molecule has 1 heterocycles. The molecule has 0 bridgehead atoms. The summed E-state index contributed by atoms with van der Waals surface area (Å²) in [6.45, 7) is 3.74. The lowest BCUT2D eigenvalue weighted by atomic mass is 9.84. The Balaban J connectivity index is 1.70. The number of ether oxygens (including phenoxy) is 1. The van der Waals surface area contributed by atoms with Crippen LogP contribution < -0.4 is 5.32 Å². The third-order valence-corrected chi connectivity index (χ3v) is 6.58. The summed E-state index contributed by atoms with van der Waals surface area (Å²) in [7, 11) is 0. The summed E-state index contributed by atoms with van der Waals surface area (Å²) in [4.78, 5) is 39.3. The molecule has 1 aliphatic carbocycles. The summed E-state index contributed by atoms with van der Waals surface area (Å²) in [6.07, 6.45) is 5.62. The Labute approximate surface area is 184 Å². The molecule has 1 aromatic carbocycles. The minimum absolute atomic E-state index is 0.0167. The van der Waals surface area contributed by atoms with Crippen LogP contribution in [0.25, 0.3) is 0 Å². The Morgan fingerprint density at radius 2 is 1.90 bits per heavy atom. The smallest absolute Gasteiger partial charge is 0.326 e. The van der Waals surface area contributed by atoms with E-state index in [1.165, 1.54) is 0 Å². The number of carbonyl (C=O) groups excluding carboxylic acids is 2. The van der Waals surface area contributed by atoms with Crippen LogP contribution in [0.3, 0.4) is 0 Å². The first kappa shape index (κ1) is 23.3. The maximum atomic E-state index is 13.4. The summed E-state index contributed by atoms with van der Waals surface area (Å²) in [5, 5.41) is 12.9. The third kappa shape index (κ3) is 5.64. The molecule has 7 heteroatoms. The minimum atomic E-state index is -0.944. The van der Waals surface area contributed by atoms with E-state index < -0.39 is 24.1 Å². The number of aryl methyl sites for hydroxylation is 1. The summed E-state index contributed by atoms with van der Waals surface area (Å²) < 4.78 is 5.22.